The minimum Gasteiger partial charge on any atom is -0.309 e. The SMILES string of the molecule is N#Cc1ccc(-c2ccc3c(c2)c2ccccc2n3-c2ccc(-c3nc(-c4ccccc4)cc(-c4ccccc4)n3)cc2-c2cc(-c3ccccc3)nc(-c3ccccc3)n2)cc1. The molecule has 6 heteroatoms. The molecule has 3 aromatic heterocycles. The van der Waals surface area contributed by atoms with Gasteiger partial charge in [0.05, 0.1) is 51.1 Å². The van der Waals surface area contributed by atoms with Gasteiger partial charge in [-0.15, -0.1) is 0 Å². The van der Waals surface area contributed by atoms with Crippen molar-refractivity contribution in [2.24, 2.45) is 0 Å². The van der Waals surface area contributed by atoms with E-state index in [1.807, 2.05) is 97.1 Å². The van der Waals surface area contributed by atoms with E-state index in [9.17, 15) is 5.26 Å². The predicted molar refractivity (Wildman–Crippen MR) is 255 cm³/mol. The zero-order valence-corrected chi connectivity index (χ0v) is 34.0. The van der Waals surface area contributed by atoms with Crippen LogP contribution >= 0.6 is 0 Å². The van der Waals surface area contributed by atoms with Gasteiger partial charge in [-0.1, -0.05) is 158 Å². The molecule has 0 saturated heterocycles. The van der Waals surface area contributed by atoms with Gasteiger partial charge in [0.2, 0.25) is 0 Å². The molecule has 63 heavy (non-hydrogen) atoms. The highest BCUT2D eigenvalue weighted by atomic mass is 15.0. The van der Waals surface area contributed by atoms with Gasteiger partial charge < -0.3 is 4.57 Å². The maximum Gasteiger partial charge on any atom is 0.160 e. The van der Waals surface area contributed by atoms with E-state index in [4.69, 9.17) is 19.9 Å². The van der Waals surface area contributed by atoms with Crippen molar-refractivity contribution in [3.63, 3.8) is 0 Å². The van der Waals surface area contributed by atoms with Crippen LogP contribution in [0, 0.1) is 11.3 Å². The zero-order valence-electron chi connectivity index (χ0n) is 34.0. The van der Waals surface area contributed by atoms with Gasteiger partial charge in [-0.05, 0) is 71.8 Å². The lowest BCUT2D eigenvalue weighted by Crippen LogP contribution is -2.02. The van der Waals surface area contributed by atoms with Gasteiger partial charge >= 0.3 is 0 Å². The highest BCUT2D eigenvalue weighted by Gasteiger charge is 2.21. The molecule has 6 nitrogen and oxygen atoms in total. The van der Waals surface area contributed by atoms with E-state index in [-0.39, 0.29) is 0 Å². The molecule has 0 spiro atoms. The van der Waals surface area contributed by atoms with Crippen LogP contribution in [0.15, 0.2) is 218 Å². The molecule has 0 radical (unpaired) electrons. The quantitative estimate of drug-likeness (QED) is 0.153. The fourth-order valence-corrected chi connectivity index (χ4v) is 8.37. The Morgan fingerprint density at radius 2 is 0.794 bits per heavy atom. The molecular formula is C57H36N6. The first-order valence-electron chi connectivity index (χ1n) is 20.9. The summed E-state index contributed by atoms with van der Waals surface area (Å²) in [4.78, 5) is 21.0. The monoisotopic (exact) mass is 804 g/mol. The van der Waals surface area contributed by atoms with Gasteiger partial charge in [-0.3, -0.25) is 0 Å². The summed E-state index contributed by atoms with van der Waals surface area (Å²) >= 11 is 0. The van der Waals surface area contributed by atoms with Crippen LogP contribution in [-0.4, -0.2) is 24.5 Å². The predicted octanol–water partition coefficient (Wildman–Crippen LogP) is 13.9. The fourth-order valence-electron chi connectivity index (χ4n) is 8.37. The molecule has 11 rings (SSSR count). The molecule has 0 amide bonds. The summed E-state index contributed by atoms with van der Waals surface area (Å²) in [5.74, 6) is 1.24. The largest absolute Gasteiger partial charge is 0.309 e. The van der Waals surface area contributed by atoms with Crippen molar-refractivity contribution in [2.45, 2.75) is 0 Å². The average Bonchev–Trinajstić information content (AvgIpc) is 3.70. The minimum absolute atomic E-state index is 0.609. The smallest absolute Gasteiger partial charge is 0.160 e. The normalized spacial score (nSPS) is 11.2. The number of benzene rings is 8. The van der Waals surface area contributed by atoms with Gasteiger partial charge in [-0.2, -0.15) is 5.26 Å². The summed E-state index contributed by atoms with van der Waals surface area (Å²) in [5, 5.41) is 11.7. The van der Waals surface area contributed by atoms with E-state index in [2.05, 4.69) is 132 Å². The summed E-state index contributed by atoms with van der Waals surface area (Å²) < 4.78 is 2.34. The number of nitriles is 1. The topological polar surface area (TPSA) is 80.3 Å². The molecule has 3 heterocycles. The summed E-state index contributed by atoms with van der Waals surface area (Å²) in [5.41, 5.74) is 14.8. The standard InChI is InChI=1S/C57H36N6/c58-37-38-25-27-39(28-26-38)44-29-31-54-47(33-44)46-23-13-14-24-53(46)63(54)55-32-30-45(57-60-49(40-15-5-1-6-16-40)35-50(61-57)41-17-7-2-8-18-41)34-48(55)52-36-51(42-19-9-3-10-20-42)59-56(62-52)43-21-11-4-12-22-43/h1-36H. The second-order valence-corrected chi connectivity index (χ2v) is 15.4. The Balaban J connectivity index is 1.18. The van der Waals surface area contributed by atoms with Crippen LogP contribution in [0.25, 0.3) is 106 Å². The molecule has 0 aliphatic heterocycles. The van der Waals surface area contributed by atoms with Crippen LogP contribution in [0.3, 0.4) is 0 Å². The van der Waals surface area contributed by atoms with Crippen LogP contribution in [0.4, 0.5) is 0 Å². The molecule has 294 valence electrons. The Kier molecular flexibility index (Phi) is 9.45. The van der Waals surface area contributed by atoms with Crippen molar-refractivity contribution in [3.8, 4) is 90.7 Å². The lowest BCUT2D eigenvalue weighted by molar-refractivity contribution is 1.14. The van der Waals surface area contributed by atoms with E-state index in [0.717, 1.165) is 94.8 Å². The Hall–Kier alpha value is -8.79. The lowest BCUT2D eigenvalue weighted by Gasteiger charge is -2.17. The van der Waals surface area contributed by atoms with Gasteiger partial charge in [-0.25, -0.2) is 19.9 Å². The molecule has 0 aliphatic carbocycles. The summed E-state index contributed by atoms with van der Waals surface area (Å²) in [6, 6.07) is 76.8. The van der Waals surface area contributed by atoms with Crippen molar-refractivity contribution in [1.82, 2.24) is 24.5 Å². The van der Waals surface area contributed by atoms with E-state index >= 15 is 0 Å². The Bertz CT molecular complexity index is 3370. The van der Waals surface area contributed by atoms with Gasteiger partial charge in [0.1, 0.15) is 0 Å². The number of rotatable bonds is 8. The molecule has 11 aromatic rings. The van der Waals surface area contributed by atoms with Crippen molar-refractivity contribution in [2.75, 3.05) is 0 Å². The molecule has 0 saturated carbocycles. The number of hydrogen-bond acceptors (Lipinski definition) is 5. The van der Waals surface area contributed by atoms with Crippen LogP contribution in [0.2, 0.25) is 0 Å². The van der Waals surface area contributed by atoms with E-state index in [1.165, 1.54) is 0 Å². The van der Waals surface area contributed by atoms with Gasteiger partial charge in [0.25, 0.3) is 0 Å². The van der Waals surface area contributed by atoms with E-state index in [1.54, 1.807) is 0 Å². The molecule has 8 aromatic carbocycles. The number of nitrogens with zero attached hydrogens (tertiary/aromatic N) is 6. The highest BCUT2D eigenvalue weighted by molar-refractivity contribution is 6.11. The van der Waals surface area contributed by atoms with Gasteiger partial charge in [0, 0.05) is 44.2 Å². The van der Waals surface area contributed by atoms with Crippen LogP contribution in [0.5, 0.6) is 0 Å². The average molecular weight is 805 g/mol. The second kappa shape index (κ2) is 16.0. The number of aromatic nitrogens is 5. The third kappa shape index (κ3) is 7.10. The number of hydrogen-bond donors (Lipinski definition) is 0. The molecular weight excluding hydrogens is 769 g/mol. The Morgan fingerprint density at radius 1 is 0.333 bits per heavy atom. The van der Waals surface area contributed by atoms with Crippen LogP contribution in [-0.2, 0) is 0 Å². The summed E-state index contributed by atoms with van der Waals surface area (Å²) in [6.45, 7) is 0. The maximum atomic E-state index is 9.45. The summed E-state index contributed by atoms with van der Waals surface area (Å²) in [7, 11) is 0. The number of fused-ring (bicyclic) bond motifs is 3. The lowest BCUT2D eigenvalue weighted by atomic mass is 10.0. The van der Waals surface area contributed by atoms with Crippen molar-refractivity contribution in [3.05, 3.63) is 224 Å². The van der Waals surface area contributed by atoms with Crippen LogP contribution < -0.4 is 0 Å². The van der Waals surface area contributed by atoms with E-state index in [0.29, 0.717) is 17.2 Å². The molecule has 0 N–H and O–H groups in total. The first-order chi connectivity index (χ1) is 31.2. The minimum atomic E-state index is 0.609. The van der Waals surface area contributed by atoms with Crippen molar-refractivity contribution >= 4 is 21.8 Å². The van der Waals surface area contributed by atoms with E-state index < -0.39 is 0 Å². The van der Waals surface area contributed by atoms with Crippen molar-refractivity contribution in [1.29, 1.82) is 5.26 Å². The first kappa shape index (κ1) is 37.2. The maximum absolute atomic E-state index is 9.45. The zero-order chi connectivity index (χ0) is 42.1. The molecule has 0 fully saturated rings. The molecule has 0 atom stereocenters. The van der Waals surface area contributed by atoms with Crippen molar-refractivity contribution < 1.29 is 0 Å². The Morgan fingerprint density at radius 3 is 1.38 bits per heavy atom. The molecule has 0 aliphatic rings. The van der Waals surface area contributed by atoms with Gasteiger partial charge in [0.15, 0.2) is 11.6 Å². The Labute approximate surface area is 364 Å². The molecule has 0 bridgehead atoms. The highest BCUT2D eigenvalue weighted by Crippen LogP contribution is 2.40. The third-order valence-electron chi connectivity index (χ3n) is 11.5. The van der Waals surface area contributed by atoms with Crippen LogP contribution in [0.1, 0.15) is 5.56 Å². The first-order valence-corrected chi connectivity index (χ1v) is 20.9. The summed E-state index contributed by atoms with van der Waals surface area (Å²) in [6.07, 6.45) is 0. The second-order valence-electron chi connectivity index (χ2n) is 15.4. The fraction of sp³-hybridized carbons (Fsp3) is 0. The number of para-hydroxylation sites is 1. The third-order valence-corrected chi connectivity index (χ3v) is 11.5. The molecule has 0 unspecified atom stereocenters.